The van der Waals surface area contributed by atoms with Gasteiger partial charge in [-0.1, -0.05) is 109 Å². The maximum Gasteiger partial charge on any atom is 0.133 e. The van der Waals surface area contributed by atoms with Gasteiger partial charge in [0.1, 0.15) is 11.5 Å². The molecule has 7 rings (SSSR count). The molecular formula is C31H19ClO. The molecule has 0 saturated heterocycles. The lowest BCUT2D eigenvalue weighted by Crippen LogP contribution is -2.34. The topological polar surface area (TPSA) is 9.23 Å². The van der Waals surface area contributed by atoms with Gasteiger partial charge in [-0.3, -0.25) is 0 Å². The van der Waals surface area contributed by atoms with Crippen LogP contribution in [0.3, 0.4) is 0 Å². The first-order valence-electron chi connectivity index (χ1n) is 11.1. The van der Waals surface area contributed by atoms with Crippen LogP contribution in [0.25, 0.3) is 22.3 Å². The Kier molecular flexibility index (Phi) is 3.88. The predicted molar refractivity (Wildman–Crippen MR) is 134 cm³/mol. The van der Waals surface area contributed by atoms with E-state index in [0.29, 0.717) is 5.02 Å². The highest BCUT2D eigenvalue weighted by Gasteiger charge is 2.48. The summed E-state index contributed by atoms with van der Waals surface area (Å²) in [6, 6.07) is 40.8. The molecule has 0 N–H and O–H groups in total. The van der Waals surface area contributed by atoms with E-state index in [9.17, 15) is 0 Å². The number of hydrogen-bond acceptors (Lipinski definition) is 1. The molecule has 0 aromatic heterocycles. The highest BCUT2D eigenvalue weighted by Crippen LogP contribution is 2.60. The quantitative estimate of drug-likeness (QED) is 0.229. The Balaban J connectivity index is 1.76. The number of rotatable bonds is 0. The van der Waals surface area contributed by atoms with E-state index in [0.717, 1.165) is 22.6 Å². The van der Waals surface area contributed by atoms with Crippen molar-refractivity contribution in [3.63, 3.8) is 0 Å². The maximum absolute atomic E-state index is 6.46. The summed E-state index contributed by atoms with van der Waals surface area (Å²) in [5.41, 5.74) is 9.19. The summed E-state index contributed by atoms with van der Waals surface area (Å²) < 4.78 is 6.45. The van der Waals surface area contributed by atoms with Crippen LogP contribution >= 0.6 is 11.6 Å². The molecule has 0 atom stereocenters. The average Bonchev–Trinajstić information content (AvgIpc) is 2.97. The van der Waals surface area contributed by atoms with Crippen LogP contribution in [0.2, 0.25) is 5.02 Å². The van der Waals surface area contributed by atoms with Gasteiger partial charge in [-0.05, 0) is 51.6 Å². The van der Waals surface area contributed by atoms with Crippen LogP contribution in [-0.2, 0) is 5.41 Å². The largest absolute Gasteiger partial charge is 0.457 e. The standard InChI is InChI=1S/C31H19ClO/c32-20-17-18-28-30(19-20)33-29-16-8-7-15-27(29)31(28)25-13-5-3-11-23(25)21-9-1-2-10-22(21)24-12-4-6-14-26(24)31/h1-19H. The van der Waals surface area contributed by atoms with Crippen molar-refractivity contribution in [2.45, 2.75) is 5.41 Å². The normalized spacial score (nSPS) is 14.1. The highest BCUT2D eigenvalue weighted by molar-refractivity contribution is 6.30. The first kappa shape index (κ1) is 18.7. The van der Waals surface area contributed by atoms with E-state index in [-0.39, 0.29) is 0 Å². The summed E-state index contributed by atoms with van der Waals surface area (Å²) >= 11 is 6.46. The minimum absolute atomic E-state index is 0.541. The minimum Gasteiger partial charge on any atom is -0.457 e. The molecule has 2 aliphatic rings. The van der Waals surface area contributed by atoms with Gasteiger partial charge in [0.15, 0.2) is 0 Å². The Hall–Kier alpha value is -3.81. The fourth-order valence-electron chi connectivity index (χ4n) is 5.79. The molecule has 0 bridgehead atoms. The average molecular weight is 443 g/mol. The fourth-order valence-corrected chi connectivity index (χ4v) is 5.95. The van der Waals surface area contributed by atoms with Crippen molar-refractivity contribution in [2.75, 3.05) is 0 Å². The molecule has 0 fully saturated rings. The van der Waals surface area contributed by atoms with E-state index in [4.69, 9.17) is 16.3 Å². The summed E-state index contributed by atoms with van der Waals surface area (Å²) in [4.78, 5) is 0. The summed E-state index contributed by atoms with van der Waals surface area (Å²) in [6.07, 6.45) is 0. The van der Waals surface area contributed by atoms with Gasteiger partial charge in [-0.15, -0.1) is 0 Å². The van der Waals surface area contributed by atoms with Crippen molar-refractivity contribution >= 4 is 11.6 Å². The summed E-state index contributed by atoms with van der Waals surface area (Å²) in [6.45, 7) is 0. The van der Waals surface area contributed by atoms with Gasteiger partial charge in [0, 0.05) is 16.1 Å². The van der Waals surface area contributed by atoms with Crippen molar-refractivity contribution in [1.82, 2.24) is 0 Å². The van der Waals surface area contributed by atoms with Crippen LogP contribution in [0.15, 0.2) is 115 Å². The number of para-hydroxylation sites is 1. The molecule has 1 nitrogen and oxygen atoms in total. The van der Waals surface area contributed by atoms with Crippen LogP contribution in [0.1, 0.15) is 22.3 Å². The maximum atomic E-state index is 6.46. The Bertz CT molecular complexity index is 1500. The SMILES string of the molecule is Clc1ccc2c(c1)Oc1ccccc1C21c2ccccc2-c2ccccc2-c2ccccc21. The Morgan fingerprint density at radius 2 is 0.939 bits per heavy atom. The Labute approximate surface area is 197 Å². The van der Waals surface area contributed by atoms with Gasteiger partial charge in [0.25, 0.3) is 0 Å². The molecule has 5 aromatic carbocycles. The molecule has 1 spiro atoms. The molecular weight excluding hydrogens is 424 g/mol. The van der Waals surface area contributed by atoms with Gasteiger partial charge < -0.3 is 4.74 Å². The first-order valence-corrected chi connectivity index (χ1v) is 11.5. The van der Waals surface area contributed by atoms with Crippen LogP contribution in [-0.4, -0.2) is 0 Å². The predicted octanol–water partition coefficient (Wildman–Crippen LogP) is 8.48. The van der Waals surface area contributed by atoms with E-state index < -0.39 is 5.41 Å². The second-order valence-corrected chi connectivity index (χ2v) is 9.06. The van der Waals surface area contributed by atoms with Crippen molar-refractivity contribution in [2.24, 2.45) is 0 Å². The molecule has 5 aromatic rings. The van der Waals surface area contributed by atoms with E-state index in [2.05, 4.69) is 97.1 Å². The number of halogens is 1. The number of fused-ring (bicyclic) bond motifs is 11. The van der Waals surface area contributed by atoms with E-state index >= 15 is 0 Å². The smallest absolute Gasteiger partial charge is 0.133 e. The van der Waals surface area contributed by atoms with Gasteiger partial charge in [0.2, 0.25) is 0 Å². The van der Waals surface area contributed by atoms with Crippen LogP contribution in [0.5, 0.6) is 11.5 Å². The number of ether oxygens (including phenoxy) is 1. The third kappa shape index (κ3) is 2.43. The van der Waals surface area contributed by atoms with Crippen LogP contribution in [0, 0.1) is 0 Å². The Morgan fingerprint density at radius 1 is 0.455 bits per heavy atom. The van der Waals surface area contributed by atoms with Crippen LogP contribution in [0.4, 0.5) is 0 Å². The molecule has 33 heavy (non-hydrogen) atoms. The van der Waals surface area contributed by atoms with Gasteiger partial charge >= 0.3 is 0 Å². The second kappa shape index (κ2) is 6.84. The lowest BCUT2D eigenvalue weighted by molar-refractivity contribution is 0.435. The molecule has 1 aliphatic carbocycles. The molecule has 0 amide bonds. The molecule has 0 saturated carbocycles. The molecule has 1 heterocycles. The summed E-state index contributed by atoms with van der Waals surface area (Å²) in [5, 5.41) is 0.668. The molecule has 0 unspecified atom stereocenters. The lowest BCUT2D eigenvalue weighted by Gasteiger charge is -2.42. The zero-order valence-electron chi connectivity index (χ0n) is 17.8. The highest BCUT2D eigenvalue weighted by atomic mass is 35.5. The second-order valence-electron chi connectivity index (χ2n) is 8.63. The molecule has 0 radical (unpaired) electrons. The van der Waals surface area contributed by atoms with Crippen molar-refractivity contribution in [3.05, 3.63) is 143 Å². The van der Waals surface area contributed by atoms with Gasteiger partial charge in [-0.25, -0.2) is 0 Å². The third-order valence-corrected chi connectivity index (χ3v) is 7.26. The van der Waals surface area contributed by atoms with Gasteiger partial charge in [0.05, 0.1) is 5.41 Å². The number of benzene rings is 5. The Morgan fingerprint density at radius 3 is 1.58 bits per heavy atom. The molecule has 1 aliphatic heterocycles. The summed E-state index contributed by atoms with van der Waals surface area (Å²) in [7, 11) is 0. The zero-order chi connectivity index (χ0) is 22.0. The van der Waals surface area contributed by atoms with Crippen molar-refractivity contribution in [1.29, 1.82) is 0 Å². The monoisotopic (exact) mass is 442 g/mol. The van der Waals surface area contributed by atoms with E-state index in [1.165, 1.54) is 33.4 Å². The van der Waals surface area contributed by atoms with Crippen LogP contribution < -0.4 is 4.74 Å². The van der Waals surface area contributed by atoms with E-state index in [1.807, 2.05) is 18.2 Å². The minimum atomic E-state index is -0.541. The molecule has 2 heteroatoms. The number of hydrogen-bond donors (Lipinski definition) is 0. The van der Waals surface area contributed by atoms with Gasteiger partial charge in [-0.2, -0.15) is 0 Å². The van der Waals surface area contributed by atoms with E-state index in [1.54, 1.807) is 0 Å². The van der Waals surface area contributed by atoms with Crippen molar-refractivity contribution < 1.29 is 4.74 Å². The fraction of sp³-hybridized carbons (Fsp3) is 0.0323. The molecule has 156 valence electrons. The zero-order valence-corrected chi connectivity index (χ0v) is 18.5. The van der Waals surface area contributed by atoms with Crippen molar-refractivity contribution in [3.8, 4) is 33.8 Å². The first-order chi connectivity index (χ1) is 16.3. The lowest BCUT2D eigenvalue weighted by atomic mass is 9.62. The summed E-state index contributed by atoms with van der Waals surface area (Å²) in [5.74, 6) is 1.67. The third-order valence-electron chi connectivity index (χ3n) is 7.03.